The molecule has 0 spiro atoms. The Morgan fingerprint density at radius 3 is 2.77 bits per heavy atom. The van der Waals surface area contributed by atoms with Gasteiger partial charge in [-0.25, -0.2) is 4.98 Å². The number of carbonyl (C=O) groups is 1. The second-order valence-electron chi connectivity index (χ2n) is 6.16. The van der Waals surface area contributed by atoms with Crippen LogP contribution < -0.4 is 5.32 Å². The van der Waals surface area contributed by atoms with Gasteiger partial charge in [0.1, 0.15) is 5.01 Å². The SMILES string of the molecule is Cc1cnc(-c2ccc(C(=O)NC3CN4CCC3CC4)s2)s1. The Morgan fingerprint density at radius 2 is 2.14 bits per heavy atom. The molecule has 0 aromatic carbocycles. The standard InChI is InChI=1S/C16H19N3OS2/c1-10-8-17-16(21-10)14-3-2-13(22-14)15(20)18-12-9-19-6-4-11(12)5-7-19/h2-3,8,11-12H,4-7,9H2,1H3,(H,18,20). The van der Waals surface area contributed by atoms with E-state index in [4.69, 9.17) is 0 Å². The van der Waals surface area contributed by atoms with Crippen molar-refractivity contribution >= 4 is 28.6 Å². The van der Waals surface area contributed by atoms with Crippen LogP contribution in [0.4, 0.5) is 0 Å². The first-order chi connectivity index (χ1) is 10.7. The van der Waals surface area contributed by atoms with E-state index in [0.717, 1.165) is 21.3 Å². The van der Waals surface area contributed by atoms with E-state index in [1.54, 1.807) is 11.3 Å². The van der Waals surface area contributed by atoms with Crippen LogP contribution in [0.15, 0.2) is 18.3 Å². The minimum atomic E-state index is 0.0725. The molecule has 3 aliphatic rings. The van der Waals surface area contributed by atoms with E-state index in [-0.39, 0.29) is 5.91 Å². The molecular weight excluding hydrogens is 314 g/mol. The first-order valence-electron chi connectivity index (χ1n) is 7.75. The largest absolute Gasteiger partial charge is 0.347 e. The van der Waals surface area contributed by atoms with Gasteiger partial charge in [-0.1, -0.05) is 0 Å². The van der Waals surface area contributed by atoms with E-state index in [1.807, 2.05) is 18.3 Å². The van der Waals surface area contributed by atoms with E-state index in [0.29, 0.717) is 12.0 Å². The molecule has 5 rings (SSSR count). The van der Waals surface area contributed by atoms with E-state index in [2.05, 4.69) is 22.1 Å². The van der Waals surface area contributed by atoms with Gasteiger partial charge in [0, 0.05) is 23.7 Å². The van der Waals surface area contributed by atoms with E-state index in [1.165, 1.54) is 42.1 Å². The van der Waals surface area contributed by atoms with Crippen LogP contribution >= 0.6 is 22.7 Å². The van der Waals surface area contributed by atoms with Gasteiger partial charge in [0.2, 0.25) is 0 Å². The molecule has 3 saturated heterocycles. The van der Waals surface area contributed by atoms with Crippen molar-refractivity contribution in [1.82, 2.24) is 15.2 Å². The number of piperidine rings is 3. The number of aromatic nitrogens is 1. The van der Waals surface area contributed by atoms with Gasteiger partial charge in [0.15, 0.2) is 0 Å². The average Bonchev–Trinajstić information content (AvgIpc) is 3.17. The smallest absolute Gasteiger partial charge is 0.261 e. The second kappa shape index (κ2) is 5.76. The molecule has 22 heavy (non-hydrogen) atoms. The summed E-state index contributed by atoms with van der Waals surface area (Å²) in [6, 6.07) is 4.25. The zero-order valence-corrected chi connectivity index (χ0v) is 14.2. The molecule has 5 heterocycles. The van der Waals surface area contributed by atoms with Crippen molar-refractivity contribution in [2.45, 2.75) is 25.8 Å². The zero-order valence-electron chi connectivity index (χ0n) is 12.5. The van der Waals surface area contributed by atoms with Crippen LogP contribution in [-0.2, 0) is 0 Å². The van der Waals surface area contributed by atoms with E-state index in [9.17, 15) is 4.79 Å². The fourth-order valence-corrected chi connectivity index (χ4v) is 5.15. The lowest BCUT2D eigenvalue weighted by Crippen LogP contribution is -2.57. The summed E-state index contributed by atoms with van der Waals surface area (Å²) in [4.78, 5) is 22.4. The number of nitrogens with zero attached hydrogens (tertiary/aromatic N) is 2. The normalized spacial score (nSPS) is 27.0. The maximum Gasteiger partial charge on any atom is 0.261 e. The molecule has 3 fully saturated rings. The van der Waals surface area contributed by atoms with E-state index < -0.39 is 0 Å². The molecular formula is C16H19N3OS2. The third-order valence-electron chi connectivity index (χ3n) is 4.63. The Bertz CT molecular complexity index is 685. The lowest BCUT2D eigenvalue weighted by atomic mass is 9.84. The molecule has 1 amide bonds. The third-order valence-corrected chi connectivity index (χ3v) is 6.80. The van der Waals surface area contributed by atoms with Gasteiger partial charge in [-0.15, -0.1) is 22.7 Å². The number of hydrogen-bond acceptors (Lipinski definition) is 5. The molecule has 2 aromatic heterocycles. The van der Waals surface area contributed by atoms with Crippen LogP contribution in [0.25, 0.3) is 9.88 Å². The van der Waals surface area contributed by atoms with Crippen molar-refractivity contribution in [2.24, 2.45) is 5.92 Å². The highest BCUT2D eigenvalue weighted by Crippen LogP contribution is 2.32. The van der Waals surface area contributed by atoms with Crippen LogP contribution in [-0.4, -0.2) is 41.5 Å². The monoisotopic (exact) mass is 333 g/mol. The topological polar surface area (TPSA) is 45.2 Å². The highest BCUT2D eigenvalue weighted by Gasteiger charge is 2.35. The molecule has 0 saturated carbocycles. The molecule has 1 N–H and O–H groups in total. The van der Waals surface area contributed by atoms with Gasteiger partial charge < -0.3 is 10.2 Å². The molecule has 2 aromatic rings. The number of carbonyl (C=O) groups excluding carboxylic acids is 1. The summed E-state index contributed by atoms with van der Waals surface area (Å²) in [6.07, 6.45) is 4.32. The van der Waals surface area contributed by atoms with Crippen LogP contribution in [0.2, 0.25) is 0 Å². The fourth-order valence-electron chi connectivity index (χ4n) is 3.41. The van der Waals surface area contributed by atoms with Crippen molar-refractivity contribution in [3.05, 3.63) is 28.1 Å². The van der Waals surface area contributed by atoms with Crippen LogP contribution in [0.1, 0.15) is 27.4 Å². The maximum atomic E-state index is 12.5. The Kier molecular flexibility index (Phi) is 3.76. The number of nitrogens with one attached hydrogen (secondary N) is 1. The van der Waals surface area contributed by atoms with Gasteiger partial charge in [0.05, 0.1) is 9.75 Å². The lowest BCUT2D eigenvalue weighted by Gasteiger charge is -2.44. The molecule has 4 nitrogen and oxygen atoms in total. The number of hydrogen-bond donors (Lipinski definition) is 1. The quantitative estimate of drug-likeness (QED) is 0.939. The molecule has 1 atom stereocenters. The van der Waals surface area contributed by atoms with Gasteiger partial charge in [-0.2, -0.15) is 0 Å². The Hall–Kier alpha value is -1.24. The van der Waals surface area contributed by atoms with Gasteiger partial charge >= 0.3 is 0 Å². The highest BCUT2D eigenvalue weighted by molar-refractivity contribution is 7.22. The first-order valence-corrected chi connectivity index (χ1v) is 9.38. The van der Waals surface area contributed by atoms with Crippen LogP contribution in [0.5, 0.6) is 0 Å². The van der Waals surface area contributed by atoms with Crippen molar-refractivity contribution < 1.29 is 4.79 Å². The van der Waals surface area contributed by atoms with Crippen LogP contribution in [0.3, 0.4) is 0 Å². The second-order valence-corrected chi connectivity index (χ2v) is 8.48. The summed E-state index contributed by atoms with van der Waals surface area (Å²) in [6.45, 7) is 5.46. The summed E-state index contributed by atoms with van der Waals surface area (Å²) >= 11 is 3.21. The number of thiophene rings is 1. The Balaban J connectivity index is 1.46. The highest BCUT2D eigenvalue weighted by atomic mass is 32.1. The number of rotatable bonds is 3. The summed E-state index contributed by atoms with van der Waals surface area (Å²) < 4.78 is 0. The van der Waals surface area contributed by atoms with Gasteiger partial charge in [-0.05, 0) is 50.9 Å². The molecule has 0 aliphatic carbocycles. The van der Waals surface area contributed by atoms with Gasteiger partial charge in [0.25, 0.3) is 5.91 Å². The zero-order chi connectivity index (χ0) is 15.1. The van der Waals surface area contributed by atoms with Crippen molar-refractivity contribution in [2.75, 3.05) is 19.6 Å². The predicted octanol–water partition coefficient (Wildman–Crippen LogP) is 3.00. The minimum Gasteiger partial charge on any atom is -0.347 e. The predicted molar refractivity (Wildman–Crippen MR) is 90.6 cm³/mol. The summed E-state index contributed by atoms with van der Waals surface area (Å²) in [5, 5.41) is 4.25. The Labute approximate surface area is 138 Å². The lowest BCUT2D eigenvalue weighted by molar-refractivity contribution is 0.0622. The third kappa shape index (κ3) is 2.71. The molecule has 1 unspecified atom stereocenters. The molecule has 2 bridgehead atoms. The minimum absolute atomic E-state index is 0.0725. The van der Waals surface area contributed by atoms with Gasteiger partial charge in [-0.3, -0.25) is 4.79 Å². The Morgan fingerprint density at radius 1 is 1.32 bits per heavy atom. The molecule has 3 aliphatic heterocycles. The molecule has 6 heteroatoms. The number of aryl methyl sites for hydroxylation is 1. The summed E-state index contributed by atoms with van der Waals surface area (Å²) in [5.41, 5.74) is 0. The summed E-state index contributed by atoms with van der Waals surface area (Å²) in [7, 11) is 0. The summed E-state index contributed by atoms with van der Waals surface area (Å²) in [5.74, 6) is 0.735. The number of fused-ring (bicyclic) bond motifs is 3. The maximum absolute atomic E-state index is 12.5. The van der Waals surface area contributed by atoms with Crippen molar-refractivity contribution in [3.63, 3.8) is 0 Å². The van der Waals surface area contributed by atoms with Crippen LogP contribution in [0, 0.1) is 12.8 Å². The molecule has 116 valence electrons. The number of amides is 1. The van der Waals surface area contributed by atoms with Crippen molar-refractivity contribution in [1.29, 1.82) is 0 Å². The van der Waals surface area contributed by atoms with E-state index >= 15 is 0 Å². The first kappa shape index (κ1) is 14.4. The average molecular weight is 333 g/mol. The molecule has 0 radical (unpaired) electrons. The fraction of sp³-hybridized carbons (Fsp3) is 0.500. The van der Waals surface area contributed by atoms with Crippen molar-refractivity contribution in [3.8, 4) is 9.88 Å². The number of thiazole rings is 1.